The van der Waals surface area contributed by atoms with Gasteiger partial charge in [0.1, 0.15) is 11.2 Å². The van der Waals surface area contributed by atoms with Crippen LogP contribution >= 0.6 is 0 Å². The highest BCUT2D eigenvalue weighted by Gasteiger charge is 2.21. The molecule has 3 heterocycles. The molecule has 5 aromatic carbocycles. The maximum atomic E-state index is 6.42. The minimum atomic E-state index is 0.517. The fraction of sp³-hybridized carbons (Fsp3) is 0.0250. The Morgan fingerprint density at radius 3 is 2.13 bits per heavy atom. The molecule has 0 N–H and O–H groups in total. The van der Waals surface area contributed by atoms with E-state index in [2.05, 4.69) is 72.7 Å². The van der Waals surface area contributed by atoms with Crippen LogP contribution in [0.4, 0.5) is 0 Å². The van der Waals surface area contributed by atoms with Gasteiger partial charge in [-0.2, -0.15) is 9.97 Å². The standard InChI is InChI=1S/C40H28N4O/c1-3-29-30-19-10-12-23-34(30)44(35(29)25-26(2)27-15-6-4-7-16-27)40-42-38(28-17-8-5-9-18-28)41-39(43-40)33-22-14-21-32-31-20-11-13-24-36(31)45-37(32)33/h3-25H,1H2,2H3/b26-25+. The Morgan fingerprint density at radius 2 is 1.33 bits per heavy atom. The number of benzene rings is 5. The molecule has 0 fully saturated rings. The second-order valence-corrected chi connectivity index (χ2v) is 11.0. The molecule has 0 spiro atoms. The molecule has 0 atom stereocenters. The Bertz CT molecular complexity index is 2400. The molecule has 8 rings (SSSR count). The van der Waals surface area contributed by atoms with E-state index in [0.29, 0.717) is 17.6 Å². The minimum absolute atomic E-state index is 0.517. The predicted molar refractivity (Wildman–Crippen MR) is 185 cm³/mol. The van der Waals surface area contributed by atoms with Gasteiger partial charge in [-0.3, -0.25) is 4.57 Å². The molecule has 45 heavy (non-hydrogen) atoms. The van der Waals surface area contributed by atoms with Crippen LogP contribution in [-0.2, 0) is 0 Å². The molecule has 0 saturated carbocycles. The first kappa shape index (κ1) is 26.5. The van der Waals surface area contributed by atoms with Crippen LogP contribution in [0.1, 0.15) is 23.7 Å². The van der Waals surface area contributed by atoms with Gasteiger partial charge in [0.2, 0.25) is 5.95 Å². The number of furan rings is 1. The van der Waals surface area contributed by atoms with Gasteiger partial charge in [-0.1, -0.05) is 122 Å². The summed E-state index contributed by atoms with van der Waals surface area (Å²) < 4.78 is 8.54. The van der Waals surface area contributed by atoms with Crippen molar-refractivity contribution in [1.82, 2.24) is 19.5 Å². The molecule has 5 heteroatoms. The second-order valence-electron chi connectivity index (χ2n) is 11.0. The van der Waals surface area contributed by atoms with Crippen LogP contribution < -0.4 is 0 Å². The topological polar surface area (TPSA) is 56.7 Å². The lowest BCUT2D eigenvalue weighted by molar-refractivity contribution is 0.669. The number of rotatable bonds is 6. The SMILES string of the molecule is C=Cc1c(/C=C(\C)c2ccccc2)n(-c2nc(-c3ccccc3)nc(-c3cccc4c3oc3ccccc34)n2)c2ccccc12. The number of hydrogen-bond acceptors (Lipinski definition) is 4. The van der Waals surface area contributed by atoms with E-state index in [1.165, 1.54) is 0 Å². The Morgan fingerprint density at radius 1 is 0.667 bits per heavy atom. The summed E-state index contributed by atoms with van der Waals surface area (Å²) in [4.78, 5) is 15.3. The first-order chi connectivity index (χ1) is 22.2. The zero-order valence-electron chi connectivity index (χ0n) is 24.7. The van der Waals surface area contributed by atoms with Crippen molar-refractivity contribution in [2.45, 2.75) is 6.92 Å². The fourth-order valence-electron chi connectivity index (χ4n) is 6.07. The van der Waals surface area contributed by atoms with Gasteiger partial charge in [-0.25, -0.2) is 4.98 Å². The molecule has 0 aliphatic rings. The molecular weight excluding hydrogens is 552 g/mol. The Kier molecular flexibility index (Phi) is 6.42. The number of hydrogen-bond donors (Lipinski definition) is 0. The summed E-state index contributed by atoms with van der Waals surface area (Å²) >= 11 is 0. The van der Waals surface area contributed by atoms with Crippen LogP contribution in [0.5, 0.6) is 0 Å². The largest absolute Gasteiger partial charge is 0.455 e. The average molecular weight is 581 g/mol. The lowest BCUT2D eigenvalue weighted by Gasteiger charge is -2.12. The monoisotopic (exact) mass is 580 g/mol. The fourth-order valence-corrected chi connectivity index (χ4v) is 6.07. The van der Waals surface area contributed by atoms with Crippen molar-refractivity contribution in [3.8, 4) is 28.7 Å². The van der Waals surface area contributed by atoms with E-state index in [4.69, 9.17) is 19.4 Å². The van der Waals surface area contributed by atoms with E-state index in [1.807, 2.05) is 84.9 Å². The maximum Gasteiger partial charge on any atom is 0.238 e. The van der Waals surface area contributed by atoms with Gasteiger partial charge in [0.05, 0.1) is 16.8 Å². The highest BCUT2D eigenvalue weighted by molar-refractivity contribution is 6.09. The summed E-state index contributed by atoms with van der Waals surface area (Å²) in [7, 11) is 0. The Hall–Kier alpha value is -6.07. The molecular formula is C40H28N4O. The number of aromatic nitrogens is 4. The lowest BCUT2D eigenvalue weighted by atomic mass is 10.0. The molecule has 0 amide bonds. The first-order valence-electron chi connectivity index (χ1n) is 14.9. The van der Waals surface area contributed by atoms with Crippen LogP contribution in [-0.4, -0.2) is 19.5 Å². The minimum Gasteiger partial charge on any atom is -0.455 e. The van der Waals surface area contributed by atoms with E-state index in [9.17, 15) is 0 Å². The zero-order valence-corrected chi connectivity index (χ0v) is 24.7. The third-order valence-electron chi connectivity index (χ3n) is 8.24. The number of allylic oxidation sites excluding steroid dienone is 1. The lowest BCUT2D eigenvalue weighted by Crippen LogP contribution is -2.08. The van der Waals surface area contributed by atoms with Crippen molar-refractivity contribution in [3.05, 3.63) is 151 Å². The van der Waals surface area contributed by atoms with E-state index >= 15 is 0 Å². The summed E-state index contributed by atoms with van der Waals surface area (Å²) in [6.45, 7) is 6.33. The molecule has 214 valence electrons. The second kappa shape index (κ2) is 10.9. The van der Waals surface area contributed by atoms with E-state index in [1.54, 1.807) is 0 Å². The summed E-state index contributed by atoms with van der Waals surface area (Å²) in [6.07, 6.45) is 4.11. The van der Waals surface area contributed by atoms with Crippen LogP contribution in [0, 0.1) is 0 Å². The molecule has 3 aromatic heterocycles. The van der Waals surface area contributed by atoms with Crippen molar-refractivity contribution < 1.29 is 4.42 Å². The third kappa shape index (κ3) is 4.53. The summed E-state index contributed by atoms with van der Waals surface area (Å²) in [6, 6.07) is 42.9. The summed E-state index contributed by atoms with van der Waals surface area (Å²) in [5.41, 5.74) is 8.49. The van der Waals surface area contributed by atoms with Crippen molar-refractivity contribution >= 4 is 50.6 Å². The van der Waals surface area contributed by atoms with Crippen molar-refractivity contribution in [3.63, 3.8) is 0 Å². The van der Waals surface area contributed by atoms with E-state index in [-0.39, 0.29) is 0 Å². The van der Waals surface area contributed by atoms with Gasteiger partial charge in [0.25, 0.3) is 0 Å². The Labute approximate surface area is 260 Å². The van der Waals surface area contributed by atoms with Crippen LogP contribution in [0.25, 0.3) is 79.3 Å². The summed E-state index contributed by atoms with van der Waals surface area (Å²) in [5.74, 6) is 1.64. The molecule has 0 radical (unpaired) electrons. The first-order valence-corrected chi connectivity index (χ1v) is 14.9. The zero-order chi connectivity index (χ0) is 30.3. The molecule has 0 saturated heterocycles. The number of nitrogens with zero attached hydrogens (tertiary/aromatic N) is 4. The van der Waals surface area contributed by atoms with Crippen molar-refractivity contribution in [2.75, 3.05) is 0 Å². The van der Waals surface area contributed by atoms with Crippen molar-refractivity contribution in [2.24, 2.45) is 0 Å². The summed E-state index contributed by atoms with van der Waals surface area (Å²) in [5, 5.41) is 3.15. The Balaban J connectivity index is 1.44. The van der Waals surface area contributed by atoms with Crippen LogP contribution in [0.3, 0.4) is 0 Å². The average Bonchev–Trinajstić information content (AvgIpc) is 3.64. The molecule has 8 aromatic rings. The van der Waals surface area contributed by atoms with Gasteiger partial charge in [0, 0.05) is 27.3 Å². The smallest absolute Gasteiger partial charge is 0.238 e. The van der Waals surface area contributed by atoms with E-state index < -0.39 is 0 Å². The van der Waals surface area contributed by atoms with E-state index in [0.717, 1.165) is 66.4 Å². The number of para-hydroxylation sites is 3. The molecule has 0 aliphatic heterocycles. The van der Waals surface area contributed by atoms with Gasteiger partial charge in [0.15, 0.2) is 11.6 Å². The van der Waals surface area contributed by atoms with Gasteiger partial charge < -0.3 is 4.42 Å². The highest BCUT2D eigenvalue weighted by atomic mass is 16.3. The van der Waals surface area contributed by atoms with Crippen LogP contribution in [0.15, 0.2) is 138 Å². The molecule has 0 aliphatic carbocycles. The highest BCUT2D eigenvalue weighted by Crippen LogP contribution is 2.37. The molecule has 0 bridgehead atoms. The number of fused-ring (bicyclic) bond motifs is 4. The van der Waals surface area contributed by atoms with Gasteiger partial charge in [-0.05, 0) is 42.3 Å². The van der Waals surface area contributed by atoms with Gasteiger partial charge in [-0.15, -0.1) is 0 Å². The van der Waals surface area contributed by atoms with Crippen LogP contribution in [0.2, 0.25) is 0 Å². The third-order valence-corrected chi connectivity index (χ3v) is 8.24. The molecule has 5 nitrogen and oxygen atoms in total. The predicted octanol–water partition coefficient (Wildman–Crippen LogP) is 10.3. The van der Waals surface area contributed by atoms with Crippen molar-refractivity contribution in [1.29, 1.82) is 0 Å². The molecule has 0 unspecified atom stereocenters. The maximum absolute atomic E-state index is 6.42. The normalized spacial score (nSPS) is 11.9. The van der Waals surface area contributed by atoms with Gasteiger partial charge >= 0.3 is 0 Å². The quantitative estimate of drug-likeness (QED) is 0.196.